The van der Waals surface area contributed by atoms with Gasteiger partial charge in [-0.05, 0) is 23.8 Å². The van der Waals surface area contributed by atoms with E-state index in [1.54, 1.807) is 42.5 Å². The Morgan fingerprint density at radius 2 is 1.79 bits per heavy atom. The summed E-state index contributed by atoms with van der Waals surface area (Å²) in [5.41, 5.74) is 8.33. The van der Waals surface area contributed by atoms with E-state index in [0.717, 1.165) is 0 Å². The highest BCUT2D eigenvalue weighted by atomic mass is 19.1. The van der Waals surface area contributed by atoms with Crippen molar-refractivity contribution in [1.29, 1.82) is 5.26 Å². The van der Waals surface area contributed by atoms with E-state index in [1.165, 1.54) is 12.1 Å². The molecule has 2 aromatic carbocycles. The highest BCUT2D eigenvalue weighted by Gasteiger charge is 2.36. The number of nitriles is 1. The van der Waals surface area contributed by atoms with E-state index in [4.69, 9.17) is 10.5 Å². The molecule has 0 aliphatic carbocycles. The molecule has 0 fully saturated rings. The lowest BCUT2D eigenvalue weighted by atomic mass is 9.80. The zero-order valence-electron chi connectivity index (χ0n) is 14.9. The molecule has 0 aromatic heterocycles. The van der Waals surface area contributed by atoms with Gasteiger partial charge in [0.1, 0.15) is 29.0 Å². The van der Waals surface area contributed by atoms with Crippen LogP contribution in [0.3, 0.4) is 0 Å². The second-order valence-electron chi connectivity index (χ2n) is 6.60. The average molecular weight is 377 g/mol. The summed E-state index contributed by atoms with van der Waals surface area (Å²) >= 11 is 0. The van der Waals surface area contributed by atoms with Gasteiger partial charge in [0, 0.05) is 29.8 Å². The Bertz CT molecular complexity index is 1080. The third-order valence-corrected chi connectivity index (χ3v) is 4.90. The van der Waals surface area contributed by atoms with Gasteiger partial charge in [0.15, 0.2) is 0 Å². The van der Waals surface area contributed by atoms with Gasteiger partial charge in [0.2, 0.25) is 5.88 Å². The molecule has 4 rings (SSSR count). The van der Waals surface area contributed by atoms with Crippen molar-refractivity contribution in [3.63, 3.8) is 0 Å². The first-order valence-corrected chi connectivity index (χ1v) is 8.81. The van der Waals surface area contributed by atoms with Crippen molar-refractivity contribution in [2.24, 2.45) is 5.73 Å². The molecule has 0 amide bonds. The van der Waals surface area contributed by atoms with Crippen molar-refractivity contribution in [3.8, 4) is 6.07 Å². The lowest BCUT2D eigenvalue weighted by Gasteiger charge is -2.33. The number of hydrogen-bond donors (Lipinski definition) is 2. The smallest absolute Gasteiger partial charge is 0.205 e. The van der Waals surface area contributed by atoms with Gasteiger partial charge >= 0.3 is 0 Å². The minimum absolute atomic E-state index is 0.0594. The van der Waals surface area contributed by atoms with Gasteiger partial charge < -0.3 is 15.8 Å². The molecular formula is C22H17F2N3O. The summed E-state index contributed by atoms with van der Waals surface area (Å²) < 4.78 is 34.4. The summed E-state index contributed by atoms with van der Waals surface area (Å²) in [5.74, 6) is -1.04. The first-order valence-electron chi connectivity index (χ1n) is 8.81. The van der Waals surface area contributed by atoms with Crippen LogP contribution in [0.2, 0.25) is 0 Å². The van der Waals surface area contributed by atoms with E-state index in [2.05, 4.69) is 11.4 Å². The van der Waals surface area contributed by atoms with Crippen molar-refractivity contribution < 1.29 is 13.5 Å². The Morgan fingerprint density at radius 1 is 1.07 bits per heavy atom. The second kappa shape index (κ2) is 7.29. The predicted molar refractivity (Wildman–Crippen MR) is 101 cm³/mol. The standard InChI is InChI=1S/C22H17F2N3O/c23-18-7-3-1-5-13(18)9-14-11-27-12-17-20(15-6-2-4-8-19(15)24)16(10-25)22(26)28-21(14)17/h1-9,20,27H,11-12,26H2/b14-9+. The molecule has 2 aromatic rings. The molecule has 2 aliphatic rings. The van der Waals surface area contributed by atoms with Crippen LogP contribution in [0.1, 0.15) is 17.0 Å². The Labute approximate surface area is 161 Å². The van der Waals surface area contributed by atoms with Crippen molar-refractivity contribution in [2.75, 3.05) is 13.1 Å². The van der Waals surface area contributed by atoms with Crippen LogP contribution < -0.4 is 11.1 Å². The highest BCUT2D eigenvalue weighted by molar-refractivity contribution is 5.63. The zero-order valence-corrected chi connectivity index (χ0v) is 14.9. The summed E-state index contributed by atoms with van der Waals surface area (Å²) in [6.07, 6.45) is 1.68. The molecule has 3 N–H and O–H groups in total. The topological polar surface area (TPSA) is 71.1 Å². The fraction of sp³-hybridized carbons (Fsp3) is 0.136. The number of ether oxygens (including phenoxy) is 1. The third kappa shape index (κ3) is 3.06. The van der Waals surface area contributed by atoms with Crippen molar-refractivity contribution in [3.05, 3.63) is 99.7 Å². The van der Waals surface area contributed by atoms with Gasteiger partial charge in [-0.15, -0.1) is 0 Å². The molecule has 1 atom stereocenters. The molecule has 2 heterocycles. The van der Waals surface area contributed by atoms with Gasteiger partial charge in [-0.2, -0.15) is 5.26 Å². The maximum absolute atomic E-state index is 14.5. The Kier molecular flexibility index (Phi) is 4.68. The quantitative estimate of drug-likeness (QED) is 0.837. The van der Waals surface area contributed by atoms with Crippen LogP contribution in [0.5, 0.6) is 0 Å². The third-order valence-electron chi connectivity index (χ3n) is 4.90. The lowest BCUT2D eigenvalue weighted by molar-refractivity contribution is 0.278. The van der Waals surface area contributed by atoms with Crippen molar-refractivity contribution in [2.45, 2.75) is 5.92 Å². The van der Waals surface area contributed by atoms with Gasteiger partial charge in [-0.25, -0.2) is 8.78 Å². The Hall–Kier alpha value is -3.43. The zero-order chi connectivity index (χ0) is 19.7. The number of benzene rings is 2. The Balaban J connectivity index is 1.88. The first kappa shape index (κ1) is 18.0. The number of halogens is 2. The SMILES string of the molecule is N#CC1=C(N)OC2=C(CNC/C2=C\c2ccccc2F)C1c1ccccc1F. The first-order chi connectivity index (χ1) is 13.6. The minimum Gasteiger partial charge on any atom is -0.440 e. The van der Waals surface area contributed by atoms with Crippen molar-refractivity contribution >= 4 is 6.08 Å². The number of nitrogens with one attached hydrogen (secondary N) is 1. The molecule has 0 saturated heterocycles. The average Bonchev–Trinajstić information content (AvgIpc) is 2.70. The summed E-state index contributed by atoms with van der Waals surface area (Å²) in [6.45, 7) is 0.841. The molecule has 0 saturated carbocycles. The number of hydrogen-bond acceptors (Lipinski definition) is 4. The molecule has 1 unspecified atom stereocenters. The summed E-state index contributed by atoms with van der Waals surface area (Å²) in [5, 5.41) is 12.8. The maximum atomic E-state index is 14.5. The molecule has 140 valence electrons. The van der Waals surface area contributed by atoms with E-state index in [1.807, 2.05) is 0 Å². The van der Waals surface area contributed by atoms with Crippen molar-refractivity contribution in [1.82, 2.24) is 5.32 Å². The van der Waals surface area contributed by atoms with Crippen LogP contribution >= 0.6 is 0 Å². The summed E-state index contributed by atoms with van der Waals surface area (Å²) in [7, 11) is 0. The lowest BCUT2D eigenvalue weighted by Crippen LogP contribution is -2.34. The molecule has 6 heteroatoms. The van der Waals surface area contributed by atoms with Gasteiger partial charge in [-0.3, -0.25) is 0 Å². The Morgan fingerprint density at radius 3 is 2.50 bits per heavy atom. The molecular weight excluding hydrogens is 360 g/mol. The predicted octanol–water partition coefficient (Wildman–Crippen LogP) is 3.71. The van der Waals surface area contributed by atoms with Gasteiger partial charge in [0.25, 0.3) is 0 Å². The highest BCUT2D eigenvalue weighted by Crippen LogP contribution is 2.42. The molecule has 2 aliphatic heterocycles. The summed E-state index contributed by atoms with van der Waals surface area (Å²) in [6, 6.07) is 14.7. The molecule has 0 radical (unpaired) electrons. The molecule has 0 bridgehead atoms. The van der Waals surface area contributed by atoms with E-state index in [0.29, 0.717) is 41.1 Å². The molecule has 28 heavy (non-hydrogen) atoms. The second-order valence-corrected chi connectivity index (χ2v) is 6.60. The van der Waals surface area contributed by atoms with Crippen LogP contribution in [0, 0.1) is 23.0 Å². The number of allylic oxidation sites excluding steroid dienone is 1. The van der Waals surface area contributed by atoms with Crippen LogP contribution in [0.4, 0.5) is 8.78 Å². The fourth-order valence-corrected chi connectivity index (χ4v) is 3.61. The fourth-order valence-electron chi connectivity index (χ4n) is 3.61. The van der Waals surface area contributed by atoms with Gasteiger partial charge in [-0.1, -0.05) is 36.4 Å². The van der Waals surface area contributed by atoms with E-state index in [-0.39, 0.29) is 17.3 Å². The summed E-state index contributed by atoms with van der Waals surface area (Å²) in [4.78, 5) is 0. The number of nitrogens with zero attached hydrogens (tertiary/aromatic N) is 1. The van der Waals surface area contributed by atoms with Crippen LogP contribution in [0.15, 0.2) is 76.9 Å². The normalized spacial score (nSPS) is 20.6. The van der Waals surface area contributed by atoms with E-state index in [9.17, 15) is 14.0 Å². The van der Waals surface area contributed by atoms with Crippen LogP contribution in [0.25, 0.3) is 6.08 Å². The maximum Gasteiger partial charge on any atom is 0.205 e. The monoisotopic (exact) mass is 377 g/mol. The number of rotatable bonds is 2. The van der Waals surface area contributed by atoms with Crippen LogP contribution in [-0.4, -0.2) is 13.1 Å². The van der Waals surface area contributed by atoms with E-state index < -0.39 is 11.7 Å². The minimum atomic E-state index is -0.660. The molecule has 0 spiro atoms. The van der Waals surface area contributed by atoms with E-state index >= 15 is 0 Å². The van der Waals surface area contributed by atoms with Crippen LogP contribution in [-0.2, 0) is 4.74 Å². The largest absolute Gasteiger partial charge is 0.440 e. The number of nitrogens with two attached hydrogens (primary N) is 1. The molecule has 4 nitrogen and oxygen atoms in total. The van der Waals surface area contributed by atoms with Gasteiger partial charge in [0.05, 0.1) is 5.92 Å².